The van der Waals surface area contributed by atoms with E-state index in [2.05, 4.69) is 0 Å². The Kier molecular flexibility index (Phi) is 2.05. The number of ether oxygens (including phenoxy) is 1. The van der Waals surface area contributed by atoms with E-state index in [1.54, 1.807) is 18.2 Å². The van der Waals surface area contributed by atoms with Gasteiger partial charge in [0, 0.05) is 6.42 Å². The molecule has 1 aliphatic heterocycles. The topological polar surface area (TPSA) is 49.7 Å². The van der Waals surface area contributed by atoms with Crippen LogP contribution < -0.4 is 10.2 Å². The van der Waals surface area contributed by atoms with Crippen molar-refractivity contribution in [1.82, 2.24) is 0 Å². The van der Waals surface area contributed by atoms with Crippen LogP contribution in [-0.2, 0) is 6.42 Å². The molecule has 0 saturated heterocycles. The van der Waals surface area contributed by atoms with Crippen LogP contribution in [0.1, 0.15) is 19.4 Å². The lowest BCUT2D eigenvalue weighted by atomic mass is 9.79. The van der Waals surface area contributed by atoms with E-state index in [0.29, 0.717) is 5.46 Å². The van der Waals surface area contributed by atoms with E-state index in [1.807, 2.05) is 13.8 Å². The molecule has 0 spiro atoms. The Morgan fingerprint density at radius 3 is 2.71 bits per heavy atom. The van der Waals surface area contributed by atoms with Gasteiger partial charge in [-0.3, -0.25) is 0 Å². The Bertz CT molecular complexity index is 360. The molecular formula is C10H13BO3. The van der Waals surface area contributed by atoms with Gasteiger partial charge in [-0.05, 0) is 30.9 Å². The van der Waals surface area contributed by atoms with E-state index in [1.165, 1.54) is 0 Å². The van der Waals surface area contributed by atoms with Gasteiger partial charge in [-0.2, -0.15) is 0 Å². The molecule has 74 valence electrons. The van der Waals surface area contributed by atoms with Crippen molar-refractivity contribution in [3.8, 4) is 5.75 Å². The van der Waals surface area contributed by atoms with Crippen LogP contribution in [-0.4, -0.2) is 22.8 Å². The van der Waals surface area contributed by atoms with E-state index in [9.17, 15) is 0 Å². The van der Waals surface area contributed by atoms with Gasteiger partial charge in [0.25, 0.3) is 0 Å². The van der Waals surface area contributed by atoms with Crippen LogP contribution in [0, 0.1) is 0 Å². The molecule has 1 aromatic carbocycles. The van der Waals surface area contributed by atoms with Gasteiger partial charge in [0.15, 0.2) is 0 Å². The second kappa shape index (κ2) is 3.00. The number of hydrogen-bond acceptors (Lipinski definition) is 3. The molecule has 0 unspecified atom stereocenters. The van der Waals surface area contributed by atoms with Crippen molar-refractivity contribution < 1.29 is 14.8 Å². The Morgan fingerprint density at radius 2 is 2.07 bits per heavy atom. The lowest BCUT2D eigenvalue weighted by Crippen LogP contribution is -2.29. The van der Waals surface area contributed by atoms with E-state index in [4.69, 9.17) is 14.8 Å². The predicted octanol–water partition coefficient (Wildman–Crippen LogP) is 0.0799. The van der Waals surface area contributed by atoms with Crippen molar-refractivity contribution in [2.24, 2.45) is 0 Å². The van der Waals surface area contributed by atoms with Gasteiger partial charge in [0.1, 0.15) is 11.4 Å². The maximum Gasteiger partial charge on any atom is 0.488 e. The third-order valence-electron chi connectivity index (χ3n) is 2.39. The highest BCUT2D eigenvalue weighted by Crippen LogP contribution is 2.33. The molecule has 0 bridgehead atoms. The standard InChI is InChI=1S/C10H13BO3/c1-10(2)6-7-5-8(11(12)13)3-4-9(7)14-10/h3-5,12-13H,6H2,1-2H3. The Hall–Kier alpha value is -0.995. The minimum absolute atomic E-state index is 0.179. The lowest BCUT2D eigenvalue weighted by Gasteiger charge is -2.16. The minimum Gasteiger partial charge on any atom is -0.487 e. The van der Waals surface area contributed by atoms with Crippen molar-refractivity contribution >= 4 is 12.6 Å². The molecule has 1 heterocycles. The quantitative estimate of drug-likeness (QED) is 0.619. The largest absolute Gasteiger partial charge is 0.488 e. The first kappa shape index (κ1) is 9.56. The third-order valence-corrected chi connectivity index (χ3v) is 2.39. The van der Waals surface area contributed by atoms with Gasteiger partial charge in [-0.15, -0.1) is 0 Å². The summed E-state index contributed by atoms with van der Waals surface area (Å²) in [6.07, 6.45) is 0.808. The molecular weight excluding hydrogens is 179 g/mol. The smallest absolute Gasteiger partial charge is 0.487 e. The molecule has 0 amide bonds. The van der Waals surface area contributed by atoms with Crippen LogP contribution in [0.4, 0.5) is 0 Å². The normalized spacial score (nSPS) is 17.4. The van der Waals surface area contributed by atoms with Crippen molar-refractivity contribution in [3.05, 3.63) is 23.8 Å². The van der Waals surface area contributed by atoms with Crippen molar-refractivity contribution in [3.63, 3.8) is 0 Å². The zero-order valence-corrected chi connectivity index (χ0v) is 8.32. The lowest BCUT2D eigenvalue weighted by molar-refractivity contribution is 0.138. The van der Waals surface area contributed by atoms with Crippen molar-refractivity contribution in [1.29, 1.82) is 0 Å². The van der Waals surface area contributed by atoms with Gasteiger partial charge in [-0.25, -0.2) is 0 Å². The Balaban J connectivity index is 2.36. The first-order chi connectivity index (χ1) is 6.48. The molecule has 0 atom stereocenters. The van der Waals surface area contributed by atoms with Crippen LogP contribution in [0.3, 0.4) is 0 Å². The molecule has 0 radical (unpaired) electrons. The van der Waals surface area contributed by atoms with Crippen LogP contribution in [0.15, 0.2) is 18.2 Å². The minimum atomic E-state index is -1.40. The average Bonchev–Trinajstić information content (AvgIpc) is 2.36. The molecule has 1 aromatic rings. The summed E-state index contributed by atoms with van der Waals surface area (Å²) in [6, 6.07) is 5.25. The fourth-order valence-corrected chi connectivity index (χ4v) is 1.79. The summed E-state index contributed by atoms with van der Waals surface area (Å²) in [7, 11) is -1.40. The fraction of sp³-hybridized carbons (Fsp3) is 0.400. The highest BCUT2D eigenvalue weighted by molar-refractivity contribution is 6.58. The summed E-state index contributed by atoms with van der Waals surface area (Å²) in [4.78, 5) is 0. The van der Waals surface area contributed by atoms with Gasteiger partial charge in [0.2, 0.25) is 0 Å². The monoisotopic (exact) mass is 192 g/mol. The average molecular weight is 192 g/mol. The number of rotatable bonds is 1. The summed E-state index contributed by atoms with van der Waals surface area (Å²) in [5.41, 5.74) is 1.38. The van der Waals surface area contributed by atoms with Crippen molar-refractivity contribution in [2.75, 3.05) is 0 Å². The highest BCUT2D eigenvalue weighted by atomic mass is 16.5. The molecule has 2 N–H and O–H groups in total. The van der Waals surface area contributed by atoms with Gasteiger partial charge in [0.05, 0.1) is 0 Å². The maximum absolute atomic E-state index is 9.00. The van der Waals surface area contributed by atoms with Gasteiger partial charge >= 0.3 is 7.12 Å². The van der Waals surface area contributed by atoms with Gasteiger partial charge < -0.3 is 14.8 Å². The summed E-state index contributed by atoms with van der Waals surface area (Å²) in [5, 5.41) is 18.0. The zero-order valence-electron chi connectivity index (χ0n) is 8.32. The summed E-state index contributed by atoms with van der Waals surface area (Å²) < 4.78 is 5.67. The first-order valence-corrected chi connectivity index (χ1v) is 4.66. The molecule has 1 aliphatic rings. The molecule has 0 aromatic heterocycles. The molecule has 0 saturated carbocycles. The molecule has 4 heteroatoms. The highest BCUT2D eigenvalue weighted by Gasteiger charge is 2.30. The molecule has 3 nitrogen and oxygen atoms in total. The predicted molar refractivity (Wildman–Crippen MR) is 54.7 cm³/mol. The van der Waals surface area contributed by atoms with Crippen LogP contribution in [0.25, 0.3) is 0 Å². The second-order valence-corrected chi connectivity index (χ2v) is 4.28. The van der Waals surface area contributed by atoms with Crippen LogP contribution in [0.2, 0.25) is 0 Å². The Morgan fingerprint density at radius 1 is 1.36 bits per heavy atom. The van der Waals surface area contributed by atoms with E-state index in [-0.39, 0.29) is 5.60 Å². The second-order valence-electron chi connectivity index (χ2n) is 4.28. The van der Waals surface area contributed by atoms with Crippen LogP contribution >= 0.6 is 0 Å². The van der Waals surface area contributed by atoms with Gasteiger partial charge in [-0.1, -0.05) is 12.1 Å². The van der Waals surface area contributed by atoms with E-state index in [0.717, 1.165) is 17.7 Å². The number of fused-ring (bicyclic) bond motifs is 1. The molecule has 14 heavy (non-hydrogen) atoms. The Labute approximate surface area is 83.5 Å². The third kappa shape index (κ3) is 1.63. The maximum atomic E-state index is 9.00. The molecule has 2 rings (SSSR count). The summed E-state index contributed by atoms with van der Waals surface area (Å²) >= 11 is 0. The van der Waals surface area contributed by atoms with Crippen LogP contribution in [0.5, 0.6) is 5.75 Å². The first-order valence-electron chi connectivity index (χ1n) is 4.66. The number of benzene rings is 1. The zero-order chi connectivity index (χ0) is 10.3. The summed E-state index contributed by atoms with van der Waals surface area (Å²) in [6.45, 7) is 4.03. The summed E-state index contributed by atoms with van der Waals surface area (Å²) in [5.74, 6) is 0.847. The molecule has 0 aliphatic carbocycles. The van der Waals surface area contributed by atoms with E-state index < -0.39 is 7.12 Å². The van der Waals surface area contributed by atoms with Crippen molar-refractivity contribution in [2.45, 2.75) is 25.9 Å². The van der Waals surface area contributed by atoms with E-state index >= 15 is 0 Å². The SMILES string of the molecule is CC1(C)Cc2cc(B(O)O)ccc2O1. The number of hydrogen-bond donors (Lipinski definition) is 2. The fourth-order valence-electron chi connectivity index (χ4n) is 1.79. The molecule has 0 fully saturated rings.